The van der Waals surface area contributed by atoms with Crippen LogP contribution in [0.15, 0.2) is 17.6 Å². The molecule has 0 aliphatic carbocycles. The summed E-state index contributed by atoms with van der Waals surface area (Å²) in [6.45, 7) is 7.60. The predicted octanol–water partition coefficient (Wildman–Crippen LogP) is 3.44. The number of aryl methyl sites for hydroxylation is 3. The van der Waals surface area contributed by atoms with E-state index in [1.165, 1.54) is 21.7 Å². The first-order valence-corrected chi connectivity index (χ1v) is 7.85. The zero-order valence-electron chi connectivity index (χ0n) is 12.2. The van der Waals surface area contributed by atoms with Gasteiger partial charge in [0.15, 0.2) is 0 Å². The lowest BCUT2D eigenvalue weighted by Crippen LogP contribution is -2.24. The lowest BCUT2D eigenvalue weighted by Gasteiger charge is -2.18. The maximum atomic E-state index is 4.58. The van der Waals surface area contributed by atoms with Crippen molar-refractivity contribution in [2.24, 2.45) is 7.05 Å². The molecule has 0 aromatic carbocycles. The largest absolute Gasteiger partial charge is 0.306 e. The summed E-state index contributed by atoms with van der Waals surface area (Å²) in [6.07, 6.45) is 4.27. The van der Waals surface area contributed by atoms with Crippen molar-refractivity contribution in [2.75, 3.05) is 6.54 Å². The number of nitrogens with one attached hydrogen (secondary N) is 1. The molecule has 0 radical (unpaired) electrons. The molecule has 2 aromatic rings. The van der Waals surface area contributed by atoms with Crippen LogP contribution in [0.1, 0.15) is 48.0 Å². The molecule has 19 heavy (non-hydrogen) atoms. The molecule has 0 aliphatic heterocycles. The van der Waals surface area contributed by atoms with Gasteiger partial charge in [-0.3, -0.25) is 4.68 Å². The molecule has 4 heteroatoms. The zero-order chi connectivity index (χ0) is 13.8. The van der Waals surface area contributed by atoms with E-state index in [1.807, 2.05) is 23.1 Å². The molecule has 2 aromatic heterocycles. The van der Waals surface area contributed by atoms with Gasteiger partial charge in [0.05, 0.1) is 11.7 Å². The average Bonchev–Trinajstić information content (AvgIpc) is 2.97. The van der Waals surface area contributed by atoms with Gasteiger partial charge in [0.2, 0.25) is 0 Å². The minimum atomic E-state index is 0.273. The van der Waals surface area contributed by atoms with Crippen molar-refractivity contribution in [1.82, 2.24) is 15.1 Å². The fraction of sp³-hybridized carbons (Fsp3) is 0.533. The second-order valence-electron chi connectivity index (χ2n) is 4.88. The third kappa shape index (κ3) is 3.07. The molecule has 3 nitrogen and oxygen atoms in total. The van der Waals surface area contributed by atoms with Crippen LogP contribution >= 0.6 is 11.3 Å². The van der Waals surface area contributed by atoms with Gasteiger partial charge in [-0.25, -0.2) is 0 Å². The van der Waals surface area contributed by atoms with Crippen molar-refractivity contribution in [2.45, 2.75) is 39.7 Å². The van der Waals surface area contributed by atoms with Crippen molar-refractivity contribution in [3.8, 4) is 0 Å². The summed E-state index contributed by atoms with van der Waals surface area (Å²) in [5.74, 6) is 0. The van der Waals surface area contributed by atoms with Crippen LogP contribution in [0.2, 0.25) is 0 Å². The quantitative estimate of drug-likeness (QED) is 0.876. The van der Waals surface area contributed by atoms with Gasteiger partial charge >= 0.3 is 0 Å². The van der Waals surface area contributed by atoms with Gasteiger partial charge in [-0.1, -0.05) is 13.8 Å². The maximum Gasteiger partial charge on any atom is 0.0673 e. The van der Waals surface area contributed by atoms with E-state index in [4.69, 9.17) is 0 Å². The van der Waals surface area contributed by atoms with E-state index in [0.29, 0.717) is 0 Å². The molecule has 0 fully saturated rings. The number of thiophene rings is 1. The highest BCUT2D eigenvalue weighted by Crippen LogP contribution is 2.30. The van der Waals surface area contributed by atoms with E-state index in [1.54, 1.807) is 0 Å². The molecule has 0 amide bonds. The summed E-state index contributed by atoms with van der Waals surface area (Å²) in [4.78, 5) is 1.39. The lowest BCUT2D eigenvalue weighted by atomic mass is 9.99. The standard InChI is InChI=1S/C15H23N3S/c1-5-8-16-15(12-7-9-19-11(12)3)13-10-18(4)17-14(13)6-2/h7,9-10,15-16H,5-6,8H2,1-4H3. The number of hydrogen-bond donors (Lipinski definition) is 1. The molecular weight excluding hydrogens is 254 g/mol. The average molecular weight is 277 g/mol. The minimum absolute atomic E-state index is 0.273. The predicted molar refractivity (Wildman–Crippen MR) is 81.8 cm³/mol. The Kier molecular flexibility index (Phi) is 4.77. The van der Waals surface area contributed by atoms with Crippen molar-refractivity contribution in [1.29, 1.82) is 0 Å². The van der Waals surface area contributed by atoms with E-state index in [9.17, 15) is 0 Å². The Morgan fingerprint density at radius 3 is 2.74 bits per heavy atom. The van der Waals surface area contributed by atoms with Gasteiger partial charge in [-0.05, 0) is 43.3 Å². The topological polar surface area (TPSA) is 29.9 Å². The zero-order valence-corrected chi connectivity index (χ0v) is 13.0. The number of nitrogens with zero attached hydrogens (tertiary/aromatic N) is 2. The first kappa shape index (κ1) is 14.3. The second kappa shape index (κ2) is 6.35. The highest BCUT2D eigenvalue weighted by molar-refractivity contribution is 7.10. The first-order chi connectivity index (χ1) is 9.17. The molecule has 0 spiro atoms. The molecule has 2 rings (SSSR count). The van der Waals surface area contributed by atoms with Gasteiger partial charge < -0.3 is 5.32 Å². The molecule has 0 bridgehead atoms. The minimum Gasteiger partial charge on any atom is -0.306 e. The summed E-state index contributed by atoms with van der Waals surface area (Å²) in [5.41, 5.74) is 3.91. The van der Waals surface area contributed by atoms with E-state index in [2.05, 4.69) is 48.8 Å². The summed E-state index contributed by atoms with van der Waals surface area (Å²) >= 11 is 1.81. The fourth-order valence-electron chi connectivity index (χ4n) is 2.44. The summed E-state index contributed by atoms with van der Waals surface area (Å²) in [7, 11) is 2.00. The molecule has 0 aliphatic rings. The maximum absolute atomic E-state index is 4.58. The van der Waals surface area contributed by atoms with Crippen molar-refractivity contribution in [3.63, 3.8) is 0 Å². The van der Waals surface area contributed by atoms with Gasteiger partial charge in [0.25, 0.3) is 0 Å². The highest BCUT2D eigenvalue weighted by Gasteiger charge is 2.21. The van der Waals surface area contributed by atoms with E-state index in [-0.39, 0.29) is 6.04 Å². The smallest absolute Gasteiger partial charge is 0.0673 e. The van der Waals surface area contributed by atoms with Crippen LogP contribution in [0.3, 0.4) is 0 Å². The summed E-state index contributed by atoms with van der Waals surface area (Å²) < 4.78 is 1.93. The van der Waals surface area contributed by atoms with Crippen LogP contribution in [-0.4, -0.2) is 16.3 Å². The van der Waals surface area contributed by atoms with Crippen LogP contribution in [0.5, 0.6) is 0 Å². The van der Waals surface area contributed by atoms with Crippen LogP contribution in [0, 0.1) is 6.92 Å². The Bertz CT molecular complexity index is 527. The number of aromatic nitrogens is 2. The molecule has 0 saturated carbocycles. The van der Waals surface area contributed by atoms with Gasteiger partial charge in [0, 0.05) is 23.7 Å². The molecule has 1 N–H and O–H groups in total. The van der Waals surface area contributed by atoms with E-state index < -0.39 is 0 Å². The normalized spacial score (nSPS) is 12.8. The van der Waals surface area contributed by atoms with Crippen LogP contribution < -0.4 is 5.32 Å². The molecule has 0 saturated heterocycles. The second-order valence-corrected chi connectivity index (χ2v) is 6.00. The number of rotatable bonds is 6. The number of hydrogen-bond acceptors (Lipinski definition) is 3. The lowest BCUT2D eigenvalue weighted by molar-refractivity contribution is 0.594. The Labute approximate surface area is 119 Å². The third-order valence-corrected chi connectivity index (χ3v) is 4.25. The van der Waals surface area contributed by atoms with Crippen LogP contribution in [0.25, 0.3) is 0 Å². The molecule has 2 heterocycles. The SMILES string of the molecule is CCCNC(c1cn(C)nc1CC)c1ccsc1C. The van der Waals surface area contributed by atoms with E-state index in [0.717, 1.165) is 19.4 Å². The molecular formula is C15H23N3S. The van der Waals surface area contributed by atoms with E-state index >= 15 is 0 Å². The highest BCUT2D eigenvalue weighted by atomic mass is 32.1. The Morgan fingerprint density at radius 2 is 2.16 bits per heavy atom. The van der Waals surface area contributed by atoms with Gasteiger partial charge in [0.1, 0.15) is 0 Å². The monoisotopic (exact) mass is 277 g/mol. The van der Waals surface area contributed by atoms with Crippen molar-refractivity contribution in [3.05, 3.63) is 39.3 Å². The Hall–Kier alpha value is -1.13. The Morgan fingerprint density at radius 1 is 1.37 bits per heavy atom. The molecule has 104 valence electrons. The molecule has 1 unspecified atom stereocenters. The summed E-state index contributed by atoms with van der Waals surface area (Å²) in [5, 5.41) is 10.4. The van der Waals surface area contributed by atoms with Gasteiger partial charge in [-0.2, -0.15) is 5.10 Å². The Balaban J connectivity index is 2.39. The van der Waals surface area contributed by atoms with Crippen molar-refractivity contribution >= 4 is 11.3 Å². The third-order valence-electron chi connectivity index (χ3n) is 3.39. The summed E-state index contributed by atoms with van der Waals surface area (Å²) in [6, 6.07) is 2.51. The molecule has 1 atom stereocenters. The van der Waals surface area contributed by atoms with Crippen LogP contribution in [0.4, 0.5) is 0 Å². The van der Waals surface area contributed by atoms with Crippen molar-refractivity contribution < 1.29 is 0 Å². The van der Waals surface area contributed by atoms with Gasteiger partial charge in [-0.15, -0.1) is 11.3 Å². The fourth-order valence-corrected chi connectivity index (χ4v) is 3.18. The first-order valence-electron chi connectivity index (χ1n) is 6.97. The van der Waals surface area contributed by atoms with Crippen LogP contribution in [-0.2, 0) is 13.5 Å².